The smallest absolute Gasteiger partial charge is 0.326 e. The van der Waals surface area contributed by atoms with Crippen LogP contribution in [0.4, 0.5) is 0 Å². The van der Waals surface area contributed by atoms with E-state index >= 15 is 0 Å². The molecule has 5 heteroatoms. The molecular weight excluding hydrogens is 282 g/mol. The first-order chi connectivity index (χ1) is 10.5. The summed E-state index contributed by atoms with van der Waals surface area (Å²) in [7, 11) is 1.63. The van der Waals surface area contributed by atoms with Crippen LogP contribution in [0.25, 0.3) is 0 Å². The van der Waals surface area contributed by atoms with Gasteiger partial charge in [0.25, 0.3) is 0 Å². The highest BCUT2D eigenvalue weighted by molar-refractivity contribution is 5.84. The van der Waals surface area contributed by atoms with E-state index in [0.29, 0.717) is 6.42 Å². The van der Waals surface area contributed by atoms with Gasteiger partial charge >= 0.3 is 5.97 Å². The Labute approximate surface area is 130 Å². The summed E-state index contributed by atoms with van der Waals surface area (Å²) in [5, 5.41) is 9.13. The number of aliphatic carboxylic acids is 1. The first kappa shape index (κ1) is 16.3. The Morgan fingerprint density at radius 3 is 2.45 bits per heavy atom. The van der Waals surface area contributed by atoms with Crippen LogP contribution in [0.5, 0.6) is 5.75 Å². The molecule has 2 rings (SSSR count). The number of rotatable bonds is 8. The number of benzene rings is 1. The number of carbonyl (C=O) groups excluding carboxylic acids is 1. The molecule has 0 bridgehead atoms. The molecule has 22 heavy (non-hydrogen) atoms. The Morgan fingerprint density at radius 2 is 1.95 bits per heavy atom. The van der Waals surface area contributed by atoms with Gasteiger partial charge in [-0.2, -0.15) is 0 Å². The second kappa shape index (κ2) is 7.29. The van der Waals surface area contributed by atoms with Crippen molar-refractivity contribution < 1.29 is 19.4 Å². The lowest BCUT2D eigenvalue weighted by molar-refractivity contribution is -0.150. The summed E-state index contributed by atoms with van der Waals surface area (Å²) in [5.74, 6) is -0.170. The third kappa shape index (κ3) is 4.23. The van der Waals surface area contributed by atoms with Crippen molar-refractivity contribution in [3.8, 4) is 5.75 Å². The van der Waals surface area contributed by atoms with Crippen LogP contribution in [0.1, 0.15) is 38.2 Å². The molecule has 0 spiro atoms. The number of carboxylic acids is 1. The molecule has 1 aliphatic carbocycles. The maximum atomic E-state index is 12.3. The summed E-state index contributed by atoms with van der Waals surface area (Å²) in [4.78, 5) is 25.0. The zero-order valence-corrected chi connectivity index (χ0v) is 13.1. The van der Waals surface area contributed by atoms with E-state index in [9.17, 15) is 9.59 Å². The largest absolute Gasteiger partial charge is 0.497 e. The van der Waals surface area contributed by atoms with Gasteiger partial charge in [0, 0.05) is 12.5 Å². The lowest BCUT2D eigenvalue weighted by Gasteiger charge is -2.26. The fourth-order valence-corrected chi connectivity index (χ4v) is 2.57. The number of nitrogens with zero attached hydrogens (tertiary/aromatic N) is 1. The maximum absolute atomic E-state index is 12.3. The summed E-state index contributed by atoms with van der Waals surface area (Å²) in [6.07, 6.45) is 3.75. The lowest BCUT2D eigenvalue weighted by Crippen LogP contribution is -2.44. The number of hydrogen-bond donors (Lipinski definition) is 1. The van der Waals surface area contributed by atoms with Gasteiger partial charge in [0.15, 0.2) is 0 Å². The van der Waals surface area contributed by atoms with E-state index in [2.05, 4.69) is 0 Å². The van der Waals surface area contributed by atoms with E-state index in [4.69, 9.17) is 9.84 Å². The predicted octanol–water partition coefficient (Wildman–Crippen LogP) is 2.48. The van der Waals surface area contributed by atoms with Crippen LogP contribution >= 0.6 is 0 Å². The molecule has 1 N–H and O–H groups in total. The minimum atomic E-state index is -0.935. The van der Waals surface area contributed by atoms with Crippen molar-refractivity contribution in [3.63, 3.8) is 0 Å². The quantitative estimate of drug-likeness (QED) is 0.801. The molecule has 1 aliphatic rings. The van der Waals surface area contributed by atoms with Crippen LogP contribution in [0.15, 0.2) is 24.3 Å². The maximum Gasteiger partial charge on any atom is 0.326 e. The zero-order chi connectivity index (χ0) is 16.1. The average Bonchev–Trinajstić information content (AvgIpc) is 3.32. The molecular formula is C17H23NO4. The van der Waals surface area contributed by atoms with E-state index in [1.165, 1.54) is 0 Å². The highest BCUT2D eigenvalue weighted by atomic mass is 16.5. The monoisotopic (exact) mass is 305 g/mol. The third-order valence-corrected chi connectivity index (χ3v) is 4.02. The average molecular weight is 305 g/mol. The fraction of sp³-hybridized carbons (Fsp3) is 0.529. The van der Waals surface area contributed by atoms with Crippen molar-refractivity contribution >= 4 is 11.9 Å². The standard InChI is InChI=1S/C17H23NO4/c1-12(17(20)21)18(14-8-9-14)16(19)5-3-4-13-6-10-15(22-2)11-7-13/h6-7,10-12,14H,3-5,8-9H2,1-2H3,(H,20,21). The molecule has 0 radical (unpaired) electrons. The zero-order valence-electron chi connectivity index (χ0n) is 13.1. The van der Waals surface area contributed by atoms with Crippen LogP contribution in [-0.4, -0.2) is 41.1 Å². The molecule has 1 fully saturated rings. The van der Waals surface area contributed by atoms with Gasteiger partial charge in [-0.25, -0.2) is 4.79 Å². The number of amides is 1. The molecule has 5 nitrogen and oxygen atoms in total. The second-order valence-corrected chi connectivity index (χ2v) is 5.75. The fourth-order valence-electron chi connectivity index (χ4n) is 2.57. The summed E-state index contributed by atoms with van der Waals surface area (Å²) in [6, 6.07) is 7.17. The van der Waals surface area contributed by atoms with E-state index in [0.717, 1.165) is 37.0 Å². The van der Waals surface area contributed by atoms with Gasteiger partial charge in [-0.15, -0.1) is 0 Å². The van der Waals surface area contributed by atoms with Crippen molar-refractivity contribution in [3.05, 3.63) is 29.8 Å². The first-order valence-electron chi connectivity index (χ1n) is 7.70. The number of aryl methyl sites for hydroxylation is 1. The second-order valence-electron chi connectivity index (χ2n) is 5.75. The normalized spacial score (nSPS) is 15.2. The van der Waals surface area contributed by atoms with Gasteiger partial charge in [0.1, 0.15) is 11.8 Å². The molecule has 1 amide bonds. The molecule has 1 aromatic carbocycles. The van der Waals surface area contributed by atoms with E-state index < -0.39 is 12.0 Å². The number of carboxylic acid groups (broad SMARTS) is 1. The number of methoxy groups -OCH3 is 1. The van der Waals surface area contributed by atoms with Gasteiger partial charge in [0.05, 0.1) is 7.11 Å². The Bertz CT molecular complexity index is 522. The summed E-state index contributed by atoms with van der Waals surface area (Å²) in [6.45, 7) is 1.59. The van der Waals surface area contributed by atoms with Crippen LogP contribution in [0, 0.1) is 0 Å². The Morgan fingerprint density at radius 1 is 1.32 bits per heavy atom. The number of carbonyl (C=O) groups is 2. The molecule has 120 valence electrons. The molecule has 0 aliphatic heterocycles. The SMILES string of the molecule is COc1ccc(CCCC(=O)N(C2CC2)C(C)C(=O)O)cc1. The Hall–Kier alpha value is -2.04. The van der Waals surface area contributed by atoms with Crippen molar-refractivity contribution in [2.75, 3.05) is 7.11 Å². The minimum Gasteiger partial charge on any atom is -0.497 e. The lowest BCUT2D eigenvalue weighted by atomic mass is 10.1. The van der Waals surface area contributed by atoms with Crippen molar-refractivity contribution in [1.29, 1.82) is 0 Å². The van der Waals surface area contributed by atoms with Gasteiger partial charge in [0.2, 0.25) is 5.91 Å². The molecule has 1 unspecified atom stereocenters. The Kier molecular flexibility index (Phi) is 5.41. The topological polar surface area (TPSA) is 66.8 Å². The van der Waals surface area contributed by atoms with Crippen molar-refractivity contribution in [1.82, 2.24) is 4.90 Å². The van der Waals surface area contributed by atoms with Crippen LogP contribution < -0.4 is 4.74 Å². The van der Waals surface area contributed by atoms with E-state index in [-0.39, 0.29) is 11.9 Å². The van der Waals surface area contributed by atoms with E-state index in [1.807, 2.05) is 24.3 Å². The third-order valence-electron chi connectivity index (χ3n) is 4.02. The van der Waals surface area contributed by atoms with Gasteiger partial charge in [-0.1, -0.05) is 12.1 Å². The van der Waals surface area contributed by atoms with E-state index in [1.54, 1.807) is 18.9 Å². The number of hydrogen-bond acceptors (Lipinski definition) is 3. The molecule has 1 atom stereocenters. The molecule has 1 saturated carbocycles. The molecule has 0 aromatic heterocycles. The van der Waals surface area contributed by atoms with Crippen LogP contribution in [0.2, 0.25) is 0 Å². The van der Waals surface area contributed by atoms with Gasteiger partial charge < -0.3 is 14.7 Å². The molecule has 0 saturated heterocycles. The molecule has 1 aromatic rings. The molecule has 0 heterocycles. The van der Waals surface area contributed by atoms with Crippen molar-refractivity contribution in [2.45, 2.75) is 51.1 Å². The minimum absolute atomic E-state index is 0.0501. The Balaban J connectivity index is 1.84. The highest BCUT2D eigenvalue weighted by Gasteiger charge is 2.37. The van der Waals surface area contributed by atoms with Crippen molar-refractivity contribution in [2.24, 2.45) is 0 Å². The summed E-state index contributed by atoms with van der Waals surface area (Å²) in [5.41, 5.74) is 1.15. The number of ether oxygens (including phenoxy) is 1. The van der Waals surface area contributed by atoms with Crippen LogP contribution in [-0.2, 0) is 16.0 Å². The summed E-state index contributed by atoms with van der Waals surface area (Å²) >= 11 is 0. The summed E-state index contributed by atoms with van der Waals surface area (Å²) < 4.78 is 5.11. The van der Waals surface area contributed by atoms with Crippen LogP contribution in [0.3, 0.4) is 0 Å². The first-order valence-corrected chi connectivity index (χ1v) is 7.70. The highest BCUT2D eigenvalue weighted by Crippen LogP contribution is 2.29. The van der Waals surface area contributed by atoms with Gasteiger partial charge in [-0.05, 0) is 50.3 Å². The van der Waals surface area contributed by atoms with Gasteiger partial charge in [-0.3, -0.25) is 4.79 Å². The predicted molar refractivity (Wildman–Crippen MR) is 82.9 cm³/mol.